The summed E-state index contributed by atoms with van der Waals surface area (Å²) in [6.07, 6.45) is 7.99. The molecule has 3 aromatic rings. The van der Waals surface area contributed by atoms with Gasteiger partial charge in [-0.2, -0.15) is 0 Å². The van der Waals surface area contributed by atoms with E-state index in [2.05, 4.69) is 6.58 Å². The lowest BCUT2D eigenvalue weighted by Crippen LogP contribution is -2.41. The maximum absolute atomic E-state index is 13.6. The number of imide groups is 1. The number of carbonyl (C=O) groups excluding carboxylic acids is 2. The van der Waals surface area contributed by atoms with Crippen LogP contribution in [0, 0.1) is 0 Å². The molecule has 2 aromatic heterocycles. The number of nitrogens with zero attached hydrogens (tertiary/aromatic N) is 3. The Morgan fingerprint density at radius 1 is 1.17 bits per heavy atom. The van der Waals surface area contributed by atoms with Crippen molar-refractivity contribution in [2.24, 2.45) is 0 Å². The zero-order valence-electron chi connectivity index (χ0n) is 19.3. The Hall–Kier alpha value is -2.42. The lowest BCUT2D eigenvalue weighted by Gasteiger charge is -2.23. The Labute approximate surface area is 217 Å². The fraction of sp³-hybridized carbons (Fsp3) is 0.385. The lowest BCUT2D eigenvalue weighted by molar-refractivity contribution is -0.127. The van der Waals surface area contributed by atoms with E-state index in [1.165, 1.54) is 21.5 Å². The van der Waals surface area contributed by atoms with Gasteiger partial charge in [-0.1, -0.05) is 35.9 Å². The van der Waals surface area contributed by atoms with Crippen LogP contribution < -0.4 is 5.56 Å². The van der Waals surface area contributed by atoms with Crippen LogP contribution in [-0.4, -0.2) is 38.1 Å². The minimum atomic E-state index is -0.497. The number of amides is 2. The summed E-state index contributed by atoms with van der Waals surface area (Å²) < 4.78 is 1.63. The number of fused-ring (bicyclic) bond motifs is 3. The largest absolute Gasteiger partial charge is 0.283 e. The number of halogens is 1. The highest BCUT2D eigenvalue weighted by Gasteiger charge is 2.33. The van der Waals surface area contributed by atoms with Crippen molar-refractivity contribution in [3.05, 3.63) is 68.3 Å². The Bertz CT molecular complexity index is 1360. The van der Waals surface area contributed by atoms with Crippen molar-refractivity contribution in [3.63, 3.8) is 0 Å². The molecule has 1 fully saturated rings. The second-order valence-corrected chi connectivity index (χ2v) is 11.6. The Morgan fingerprint density at radius 2 is 1.94 bits per heavy atom. The van der Waals surface area contributed by atoms with E-state index in [-0.39, 0.29) is 17.4 Å². The van der Waals surface area contributed by atoms with Gasteiger partial charge in [0.1, 0.15) is 4.83 Å². The molecule has 2 amide bonds. The first-order chi connectivity index (χ1) is 17.0. The predicted molar refractivity (Wildman–Crippen MR) is 142 cm³/mol. The van der Waals surface area contributed by atoms with Gasteiger partial charge in [-0.25, -0.2) is 4.98 Å². The average molecular weight is 528 g/mol. The minimum absolute atomic E-state index is 0.0630. The first-order valence-corrected chi connectivity index (χ1v) is 14.0. The van der Waals surface area contributed by atoms with E-state index >= 15 is 0 Å². The predicted octanol–water partition coefficient (Wildman–Crippen LogP) is 5.49. The highest BCUT2D eigenvalue weighted by atomic mass is 35.5. The molecule has 1 aliphatic carbocycles. The van der Waals surface area contributed by atoms with Gasteiger partial charge in [-0.3, -0.25) is 23.9 Å². The number of benzene rings is 1. The van der Waals surface area contributed by atoms with Gasteiger partial charge in [0.05, 0.1) is 10.6 Å². The summed E-state index contributed by atoms with van der Waals surface area (Å²) in [6.45, 7) is 4.52. The van der Waals surface area contributed by atoms with E-state index in [1.54, 1.807) is 46.2 Å². The molecule has 1 aromatic carbocycles. The highest BCUT2D eigenvalue weighted by Crippen LogP contribution is 2.36. The number of likely N-dealkylation sites (tertiary alicyclic amines) is 1. The molecule has 9 heteroatoms. The van der Waals surface area contributed by atoms with Gasteiger partial charge in [-0.15, -0.1) is 17.9 Å². The molecule has 0 N–H and O–H groups in total. The summed E-state index contributed by atoms with van der Waals surface area (Å²) in [5.41, 5.74) is 1.51. The monoisotopic (exact) mass is 527 g/mol. The maximum Gasteiger partial charge on any atom is 0.263 e. The molecular weight excluding hydrogens is 502 g/mol. The van der Waals surface area contributed by atoms with E-state index in [9.17, 15) is 14.4 Å². The summed E-state index contributed by atoms with van der Waals surface area (Å²) in [7, 11) is 0. The molecule has 0 unspecified atom stereocenters. The van der Waals surface area contributed by atoms with Crippen LogP contribution in [0.3, 0.4) is 0 Å². The number of rotatable bonds is 5. The van der Waals surface area contributed by atoms with Crippen molar-refractivity contribution >= 4 is 56.7 Å². The smallest absolute Gasteiger partial charge is 0.263 e. The molecule has 0 radical (unpaired) electrons. The molecule has 0 spiro atoms. The van der Waals surface area contributed by atoms with Crippen LogP contribution in [0.25, 0.3) is 10.2 Å². The molecule has 182 valence electrons. The number of allylic oxidation sites excluding steroid dienone is 1. The number of thioether (sulfide) groups is 1. The van der Waals surface area contributed by atoms with Crippen LogP contribution in [-0.2, 0) is 24.2 Å². The van der Waals surface area contributed by atoms with Crippen molar-refractivity contribution < 1.29 is 9.59 Å². The third-order valence-electron chi connectivity index (χ3n) is 6.57. The fourth-order valence-electron chi connectivity index (χ4n) is 4.79. The van der Waals surface area contributed by atoms with Crippen LogP contribution in [0.15, 0.2) is 46.9 Å². The number of hydrogen-bond acceptors (Lipinski definition) is 6. The molecule has 0 bridgehead atoms. The summed E-state index contributed by atoms with van der Waals surface area (Å²) in [5, 5.41) is 1.28. The summed E-state index contributed by atoms with van der Waals surface area (Å²) in [6, 6.07) is 6.58. The van der Waals surface area contributed by atoms with Gasteiger partial charge in [-0.05, 0) is 68.4 Å². The SMILES string of the molecule is C=CCn1c(S[C@H]2CCCCN(C(=O)c3ccc(Cl)cc3)C2=O)nc2sc3c(c2c1=O)CCCC3. The third kappa shape index (κ3) is 4.71. The van der Waals surface area contributed by atoms with Crippen molar-refractivity contribution in [2.75, 3.05) is 6.54 Å². The van der Waals surface area contributed by atoms with Crippen LogP contribution in [0.2, 0.25) is 5.02 Å². The van der Waals surface area contributed by atoms with E-state index in [1.807, 2.05) is 0 Å². The van der Waals surface area contributed by atoms with Crippen molar-refractivity contribution in [2.45, 2.75) is 61.9 Å². The van der Waals surface area contributed by atoms with Gasteiger partial charge < -0.3 is 0 Å². The molecule has 1 atom stereocenters. The Kier molecular flexibility index (Phi) is 7.14. The van der Waals surface area contributed by atoms with Gasteiger partial charge >= 0.3 is 0 Å². The van der Waals surface area contributed by atoms with E-state index in [0.29, 0.717) is 35.3 Å². The normalized spacial score (nSPS) is 18.4. The number of aromatic nitrogens is 2. The topological polar surface area (TPSA) is 72.3 Å². The van der Waals surface area contributed by atoms with Gasteiger partial charge in [0.25, 0.3) is 11.5 Å². The number of aryl methyl sites for hydroxylation is 2. The van der Waals surface area contributed by atoms with Crippen LogP contribution in [0.4, 0.5) is 0 Å². The summed E-state index contributed by atoms with van der Waals surface area (Å²) in [4.78, 5) is 48.5. The van der Waals surface area contributed by atoms with Crippen LogP contribution >= 0.6 is 34.7 Å². The molecule has 3 heterocycles. The van der Waals surface area contributed by atoms with E-state index < -0.39 is 5.25 Å². The quantitative estimate of drug-likeness (QED) is 0.249. The summed E-state index contributed by atoms with van der Waals surface area (Å²) >= 11 is 8.86. The number of carbonyl (C=O) groups is 2. The maximum atomic E-state index is 13.6. The van der Waals surface area contributed by atoms with Gasteiger partial charge in [0.2, 0.25) is 5.91 Å². The molecule has 1 saturated heterocycles. The lowest BCUT2D eigenvalue weighted by atomic mass is 9.97. The first-order valence-electron chi connectivity index (χ1n) is 11.9. The number of hydrogen-bond donors (Lipinski definition) is 0. The van der Waals surface area contributed by atoms with Crippen molar-refractivity contribution in [1.82, 2.24) is 14.5 Å². The molecule has 0 saturated carbocycles. The second-order valence-electron chi connectivity index (χ2n) is 8.89. The van der Waals surface area contributed by atoms with Gasteiger partial charge in [0.15, 0.2) is 5.16 Å². The average Bonchev–Trinajstić information content (AvgIpc) is 3.13. The Balaban J connectivity index is 1.49. The van der Waals surface area contributed by atoms with Crippen molar-refractivity contribution in [3.8, 4) is 0 Å². The Morgan fingerprint density at radius 3 is 2.71 bits per heavy atom. The molecule has 6 nitrogen and oxygen atoms in total. The first kappa shape index (κ1) is 24.3. The summed E-state index contributed by atoms with van der Waals surface area (Å²) in [5.74, 6) is -0.561. The molecule has 35 heavy (non-hydrogen) atoms. The van der Waals surface area contributed by atoms with Crippen LogP contribution in [0.1, 0.15) is 52.9 Å². The number of thiophene rings is 1. The highest BCUT2D eigenvalue weighted by molar-refractivity contribution is 8.00. The van der Waals surface area contributed by atoms with E-state index in [4.69, 9.17) is 16.6 Å². The zero-order chi connectivity index (χ0) is 24.5. The minimum Gasteiger partial charge on any atom is -0.283 e. The van der Waals surface area contributed by atoms with Crippen LogP contribution in [0.5, 0.6) is 0 Å². The second kappa shape index (κ2) is 10.3. The fourth-order valence-corrected chi connectivity index (χ4v) is 7.42. The molecule has 2 aliphatic rings. The standard InChI is InChI=1S/C26H26ClN3O3S2/c1-2-14-30-25(33)21-18-7-3-4-8-19(18)34-22(21)28-26(30)35-20-9-5-6-15-29(24(20)32)23(31)16-10-12-17(27)13-11-16/h2,10-13,20H,1,3-9,14-15H2/t20-/m0/s1. The van der Waals surface area contributed by atoms with Crippen molar-refractivity contribution in [1.29, 1.82) is 0 Å². The van der Waals surface area contributed by atoms with E-state index in [0.717, 1.165) is 54.3 Å². The van der Waals surface area contributed by atoms with Gasteiger partial charge in [0, 0.05) is 28.6 Å². The third-order valence-corrected chi connectivity index (χ3v) is 9.26. The molecule has 5 rings (SSSR count). The molecular formula is C26H26ClN3O3S2. The zero-order valence-corrected chi connectivity index (χ0v) is 21.7. The molecule has 1 aliphatic heterocycles.